The smallest absolute Gasteiger partial charge is 0.343 e. The monoisotopic (exact) mass is 658 g/mol. The first-order chi connectivity index (χ1) is 23.1. The van der Waals surface area contributed by atoms with Crippen LogP contribution in [-0.2, 0) is 14.3 Å². The lowest BCUT2D eigenvalue weighted by atomic mass is 9.75. The lowest BCUT2D eigenvalue weighted by Gasteiger charge is -2.36. The molecule has 1 aliphatic rings. The van der Waals surface area contributed by atoms with Crippen LogP contribution in [0.1, 0.15) is 99.8 Å². The van der Waals surface area contributed by atoms with E-state index in [4.69, 9.17) is 23.7 Å². The summed E-state index contributed by atoms with van der Waals surface area (Å²) in [5.74, 6) is 0.663. The van der Waals surface area contributed by atoms with E-state index in [1.54, 1.807) is 24.3 Å². The number of esters is 4. The summed E-state index contributed by atoms with van der Waals surface area (Å²) in [7, 11) is 0. The fourth-order valence-electron chi connectivity index (χ4n) is 5.66. The zero-order chi connectivity index (χ0) is 34.5. The Morgan fingerprint density at radius 2 is 1.17 bits per heavy atom. The number of hydrogen-bond acceptors (Lipinski definition) is 9. The highest BCUT2D eigenvalue weighted by Crippen LogP contribution is 2.35. The van der Waals surface area contributed by atoms with Gasteiger partial charge >= 0.3 is 23.9 Å². The standard InChI is InChI=1S/C39H46O9/c1-5-6-7-24-44-30-13-9-28(10-14-30)38(42)46-32-17-19-33(20-18-32)47-39(43)29-11-15-31(16-12-29)45-36(40)22-23-37(41)48-35-25-27(4)8-21-34(35)26(2)3/h9-20,26-27,34-35H,5-8,21-25H2,1-4H3. The fourth-order valence-corrected chi connectivity index (χ4v) is 5.66. The van der Waals surface area contributed by atoms with Crippen LogP contribution in [0.5, 0.6) is 23.0 Å². The Kier molecular flexibility index (Phi) is 13.6. The van der Waals surface area contributed by atoms with Crippen LogP contribution < -0.4 is 18.9 Å². The number of unbranched alkanes of at least 4 members (excludes halogenated alkanes) is 2. The molecule has 3 aromatic carbocycles. The maximum Gasteiger partial charge on any atom is 0.343 e. The van der Waals surface area contributed by atoms with Gasteiger partial charge in [-0.15, -0.1) is 0 Å². The van der Waals surface area contributed by atoms with Gasteiger partial charge in [-0.1, -0.05) is 47.0 Å². The second kappa shape index (κ2) is 18.0. The van der Waals surface area contributed by atoms with Crippen molar-refractivity contribution in [1.82, 2.24) is 0 Å². The minimum Gasteiger partial charge on any atom is -0.494 e. The first-order valence-corrected chi connectivity index (χ1v) is 16.9. The summed E-state index contributed by atoms with van der Waals surface area (Å²) < 4.78 is 27.7. The molecule has 256 valence electrons. The third kappa shape index (κ3) is 11.2. The molecule has 0 saturated heterocycles. The number of carbonyl (C=O) groups excluding carboxylic acids is 4. The predicted molar refractivity (Wildman–Crippen MR) is 180 cm³/mol. The van der Waals surface area contributed by atoms with Gasteiger partial charge < -0.3 is 23.7 Å². The molecule has 0 spiro atoms. The Balaban J connectivity index is 1.19. The normalized spacial score (nSPS) is 17.3. The largest absolute Gasteiger partial charge is 0.494 e. The molecule has 0 amide bonds. The fraction of sp³-hybridized carbons (Fsp3) is 0.436. The molecule has 0 aromatic heterocycles. The first-order valence-electron chi connectivity index (χ1n) is 16.9. The highest BCUT2D eigenvalue weighted by Gasteiger charge is 2.33. The molecule has 48 heavy (non-hydrogen) atoms. The topological polar surface area (TPSA) is 114 Å². The Morgan fingerprint density at radius 1 is 0.667 bits per heavy atom. The maximum absolute atomic E-state index is 12.7. The molecule has 3 aromatic rings. The Morgan fingerprint density at radius 3 is 1.71 bits per heavy atom. The molecular formula is C39H46O9. The minimum atomic E-state index is -0.617. The van der Waals surface area contributed by atoms with Gasteiger partial charge in [0.1, 0.15) is 29.1 Å². The quantitative estimate of drug-likeness (QED) is 0.0902. The summed E-state index contributed by atoms with van der Waals surface area (Å²) >= 11 is 0. The van der Waals surface area contributed by atoms with E-state index >= 15 is 0 Å². The van der Waals surface area contributed by atoms with Crippen LogP contribution >= 0.6 is 0 Å². The van der Waals surface area contributed by atoms with E-state index in [1.165, 1.54) is 48.5 Å². The van der Waals surface area contributed by atoms with Gasteiger partial charge in [-0.05, 0) is 110 Å². The second-order valence-electron chi connectivity index (χ2n) is 12.7. The van der Waals surface area contributed by atoms with Gasteiger partial charge in [0.05, 0.1) is 30.6 Å². The van der Waals surface area contributed by atoms with Crippen molar-refractivity contribution in [3.63, 3.8) is 0 Å². The molecule has 9 nitrogen and oxygen atoms in total. The molecule has 1 fully saturated rings. The molecule has 0 aliphatic heterocycles. The molecule has 0 N–H and O–H groups in total. The molecular weight excluding hydrogens is 612 g/mol. The van der Waals surface area contributed by atoms with Gasteiger partial charge in [-0.25, -0.2) is 9.59 Å². The van der Waals surface area contributed by atoms with Crippen molar-refractivity contribution in [3.8, 4) is 23.0 Å². The van der Waals surface area contributed by atoms with Crippen molar-refractivity contribution < 1.29 is 42.9 Å². The van der Waals surface area contributed by atoms with Crippen molar-refractivity contribution in [1.29, 1.82) is 0 Å². The molecule has 1 aliphatic carbocycles. The van der Waals surface area contributed by atoms with Gasteiger partial charge in [0.25, 0.3) is 0 Å². The zero-order valence-corrected chi connectivity index (χ0v) is 28.3. The Bertz CT molecular complexity index is 1490. The van der Waals surface area contributed by atoms with Crippen LogP contribution in [0.3, 0.4) is 0 Å². The van der Waals surface area contributed by atoms with Crippen LogP contribution in [0.2, 0.25) is 0 Å². The van der Waals surface area contributed by atoms with Gasteiger partial charge in [-0.3, -0.25) is 9.59 Å². The molecule has 3 atom stereocenters. The summed E-state index contributed by atoms with van der Waals surface area (Å²) in [6, 6.07) is 18.8. The second-order valence-corrected chi connectivity index (χ2v) is 12.7. The van der Waals surface area contributed by atoms with Crippen molar-refractivity contribution in [2.75, 3.05) is 6.61 Å². The molecule has 1 saturated carbocycles. The van der Waals surface area contributed by atoms with E-state index in [-0.39, 0.29) is 36.0 Å². The Hall–Kier alpha value is -4.66. The number of benzene rings is 3. The van der Waals surface area contributed by atoms with E-state index in [2.05, 4.69) is 27.7 Å². The summed E-state index contributed by atoms with van der Waals surface area (Å²) in [6.45, 7) is 9.24. The third-order valence-electron chi connectivity index (χ3n) is 8.45. The molecule has 0 bridgehead atoms. The highest BCUT2D eigenvalue weighted by molar-refractivity contribution is 5.92. The minimum absolute atomic E-state index is 0.0568. The van der Waals surface area contributed by atoms with Crippen LogP contribution in [-0.4, -0.2) is 36.6 Å². The number of ether oxygens (including phenoxy) is 5. The molecule has 9 heteroatoms. The van der Waals surface area contributed by atoms with Crippen molar-refractivity contribution in [3.05, 3.63) is 83.9 Å². The maximum atomic E-state index is 12.7. The van der Waals surface area contributed by atoms with Gasteiger partial charge in [0, 0.05) is 0 Å². The van der Waals surface area contributed by atoms with Crippen molar-refractivity contribution >= 4 is 23.9 Å². The lowest BCUT2D eigenvalue weighted by Crippen LogP contribution is -2.36. The molecule has 4 rings (SSSR count). The van der Waals surface area contributed by atoms with E-state index in [0.717, 1.165) is 38.5 Å². The van der Waals surface area contributed by atoms with Crippen LogP contribution in [0, 0.1) is 17.8 Å². The van der Waals surface area contributed by atoms with Crippen LogP contribution in [0.15, 0.2) is 72.8 Å². The van der Waals surface area contributed by atoms with Crippen molar-refractivity contribution in [2.45, 2.75) is 85.2 Å². The van der Waals surface area contributed by atoms with Gasteiger partial charge in [0.2, 0.25) is 0 Å². The summed E-state index contributed by atoms with van der Waals surface area (Å²) in [5.41, 5.74) is 0.625. The lowest BCUT2D eigenvalue weighted by molar-refractivity contribution is -0.157. The predicted octanol–water partition coefficient (Wildman–Crippen LogP) is 8.38. The van der Waals surface area contributed by atoms with Gasteiger partial charge in [0.15, 0.2) is 0 Å². The average Bonchev–Trinajstić information content (AvgIpc) is 3.07. The van der Waals surface area contributed by atoms with E-state index in [0.29, 0.717) is 41.4 Å². The summed E-state index contributed by atoms with van der Waals surface area (Å²) in [5, 5.41) is 0. The van der Waals surface area contributed by atoms with Crippen LogP contribution in [0.4, 0.5) is 0 Å². The molecule has 0 heterocycles. The Labute approximate surface area is 282 Å². The zero-order valence-electron chi connectivity index (χ0n) is 28.3. The number of rotatable bonds is 15. The van der Waals surface area contributed by atoms with E-state index in [9.17, 15) is 19.2 Å². The highest BCUT2D eigenvalue weighted by atomic mass is 16.6. The summed E-state index contributed by atoms with van der Waals surface area (Å²) in [6.07, 6.45) is 5.95. The van der Waals surface area contributed by atoms with Crippen LogP contribution in [0.25, 0.3) is 0 Å². The number of carbonyl (C=O) groups is 4. The van der Waals surface area contributed by atoms with E-state index < -0.39 is 23.9 Å². The molecule has 3 unspecified atom stereocenters. The summed E-state index contributed by atoms with van der Waals surface area (Å²) in [4.78, 5) is 50.1. The number of hydrogen-bond donors (Lipinski definition) is 0. The third-order valence-corrected chi connectivity index (χ3v) is 8.45. The van der Waals surface area contributed by atoms with Crippen molar-refractivity contribution in [2.24, 2.45) is 17.8 Å². The SMILES string of the molecule is CCCCCOc1ccc(C(=O)Oc2ccc(OC(=O)c3ccc(OC(=O)CCC(=O)OC4CC(C)CCC4C(C)C)cc3)cc2)cc1. The first kappa shape index (κ1) is 36.2. The molecule has 0 radical (unpaired) electrons. The van der Waals surface area contributed by atoms with E-state index in [1.807, 2.05) is 0 Å². The van der Waals surface area contributed by atoms with Gasteiger partial charge in [-0.2, -0.15) is 0 Å². The average molecular weight is 659 g/mol.